The Morgan fingerprint density at radius 2 is 2.12 bits per heavy atom. The van der Waals surface area contributed by atoms with Crippen molar-refractivity contribution < 1.29 is 4.74 Å². The second kappa shape index (κ2) is 5.14. The van der Waals surface area contributed by atoms with Gasteiger partial charge in [-0.3, -0.25) is 0 Å². The van der Waals surface area contributed by atoms with E-state index in [9.17, 15) is 0 Å². The Hall–Kier alpha value is -1.32. The first-order valence-corrected chi connectivity index (χ1v) is 6.07. The van der Waals surface area contributed by atoms with Gasteiger partial charge in [-0.1, -0.05) is 13.3 Å². The molecule has 4 nitrogen and oxygen atoms in total. The minimum Gasteiger partial charge on any atom is -0.474 e. The highest BCUT2D eigenvalue weighted by Crippen LogP contribution is 2.27. The molecule has 1 aliphatic rings. The third-order valence-corrected chi connectivity index (χ3v) is 3.02. The lowest BCUT2D eigenvalue weighted by Gasteiger charge is -2.15. The normalized spacial score (nSPS) is 16.6. The third-order valence-electron chi connectivity index (χ3n) is 3.02. The van der Waals surface area contributed by atoms with Gasteiger partial charge in [-0.2, -0.15) is 0 Å². The monoisotopic (exact) mass is 221 g/mol. The molecular weight excluding hydrogens is 202 g/mol. The Kier molecular flexibility index (Phi) is 3.59. The predicted octanol–water partition coefficient (Wildman–Crippen LogP) is 2.33. The summed E-state index contributed by atoms with van der Waals surface area (Å²) in [6.07, 6.45) is 8.50. The number of nitrogens with zero attached hydrogens (tertiary/aromatic N) is 2. The van der Waals surface area contributed by atoms with Crippen LogP contribution in [0.5, 0.6) is 5.88 Å². The Balaban J connectivity index is 2.14. The maximum absolute atomic E-state index is 5.91. The second-order valence-corrected chi connectivity index (χ2v) is 4.32. The number of hydrogen-bond acceptors (Lipinski definition) is 4. The van der Waals surface area contributed by atoms with Crippen molar-refractivity contribution in [2.45, 2.75) is 51.6 Å². The first kappa shape index (κ1) is 11.2. The standard InChI is InChI=1S/C12H19N3O/c1-2-5-10-11(13)14-8-15-12(10)16-9-6-3-4-7-9/h8-9H,2-7H2,1H3,(H2,13,14,15). The number of ether oxygens (including phenoxy) is 1. The van der Waals surface area contributed by atoms with E-state index in [1.165, 1.54) is 19.2 Å². The van der Waals surface area contributed by atoms with Gasteiger partial charge in [0.2, 0.25) is 5.88 Å². The van der Waals surface area contributed by atoms with Gasteiger partial charge in [0.05, 0.1) is 5.56 Å². The molecule has 16 heavy (non-hydrogen) atoms. The van der Waals surface area contributed by atoms with Crippen LogP contribution in [0.4, 0.5) is 5.82 Å². The zero-order chi connectivity index (χ0) is 11.4. The zero-order valence-corrected chi connectivity index (χ0v) is 9.78. The van der Waals surface area contributed by atoms with Crippen molar-refractivity contribution in [1.82, 2.24) is 9.97 Å². The first-order chi connectivity index (χ1) is 7.81. The maximum atomic E-state index is 5.91. The van der Waals surface area contributed by atoms with Crippen molar-refractivity contribution in [1.29, 1.82) is 0 Å². The summed E-state index contributed by atoms with van der Waals surface area (Å²) in [5.74, 6) is 1.26. The SMILES string of the molecule is CCCc1c(N)ncnc1OC1CCCC1. The molecule has 2 N–H and O–H groups in total. The molecule has 1 saturated carbocycles. The Morgan fingerprint density at radius 1 is 1.38 bits per heavy atom. The van der Waals surface area contributed by atoms with Crippen LogP contribution in [-0.2, 0) is 6.42 Å². The van der Waals surface area contributed by atoms with Crippen LogP contribution in [0, 0.1) is 0 Å². The fourth-order valence-corrected chi connectivity index (χ4v) is 2.16. The molecule has 0 atom stereocenters. The fourth-order valence-electron chi connectivity index (χ4n) is 2.16. The van der Waals surface area contributed by atoms with Crippen LogP contribution in [0.1, 0.15) is 44.6 Å². The zero-order valence-electron chi connectivity index (χ0n) is 9.78. The summed E-state index contributed by atoms with van der Waals surface area (Å²) < 4.78 is 5.91. The lowest BCUT2D eigenvalue weighted by atomic mass is 10.2. The highest BCUT2D eigenvalue weighted by atomic mass is 16.5. The highest BCUT2D eigenvalue weighted by molar-refractivity contribution is 5.44. The van der Waals surface area contributed by atoms with Crippen LogP contribution >= 0.6 is 0 Å². The largest absolute Gasteiger partial charge is 0.474 e. The van der Waals surface area contributed by atoms with Gasteiger partial charge >= 0.3 is 0 Å². The summed E-state index contributed by atoms with van der Waals surface area (Å²) in [5, 5.41) is 0. The van der Waals surface area contributed by atoms with Crippen molar-refractivity contribution in [2.75, 3.05) is 5.73 Å². The van der Waals surface area contributed by atoms with Crippen LogP contribution in [0.25, 0.3) is 0 Å². The van der Waals surface area contributed by atoms with Gasteiger partial charge in [-0.25, -0.2) is 9.97 Å². The minimum absolute atomic E-state index is 0.324. The summed E-state index contributed by atoms with van der Waals surface area (Å²) >= 11 is 0. The molecule has 0 spiro atoms. The molecule has 88 valence electrons. The average Bonchev–Trinajstić information content (AvgIpc) is 2.76. The van der Waals surface area contributed by atoms with Gasteiger partial charge in [0, 0.05) is 0 Å². The molecule has 0 aromatic carbocycles. The molecule has 1 aliphatic carbocycles. The molecule has 0 aliphatic heterocycles. The molecule has 2 rings (SSSR count). The topological polar surface area (TPSA) is 61.0 Å². The molecular formula is C12H19N3O. The lowest BCUT2D eigenvalue weighted by molar-refractivity contribution is 0.199. The van der Waals surface area contributed by atoms with E-state index in [0.717, 1.165) is 31.2 Å². The summed E-state index contributed by atoms with van der Waals surface area (Å²) in [6, 6.07) is 0. The van der Waals surface area contributed by atoms with Gasteiger partial charge < -0.3 is 10.5 Å². The van der Waals surface area contributed by atoms with Crippen LogP contribution in [-0.4, -0.2) is 16.1 Å². The molecule has 1 heterocycles. The van der Waals surface area contributed by atoms with E-state index in [2.05, 4.69) is 16.9 Å². The van der Waals surface area contributed by atoms with Crippen molar-refractivity contribution in [3.05, 3.63) is 11.9 Å². The van der Waals surface area contributed by atoms with E-state index in [1.54, 1.807) is 0 Å². The minimum atomic E-state index is 0.324. The van der Waals surface area contributed by atoms with E-state index in [4.69, 9.17) is 10.5 Å². The van der Waals surface area contributed by atoms with E-state index in [0.29, 0.717) is 17.8 Å². The molecule has 0 radical (unpaired) electrons. The summed E-state index contributed by atoms with van der Waals surface area (Å²) in [6.45, 7) is 2.12. The number of rotatable bonds is 4. The van der Waals surface area contributed by atoms with Crippen LogP contribution in [0.15, 0.2) is 6.33 Å². The summed E-state index contributed by atoms with van der Waals surface area (Å²) in [5.41, 5.74) is 6.82. The van der Waals surface area contributed by atoms with Crippen molar-refractivity contribution >= 4 is 5.82 Å². The predicted molar refractivity (Wildman–Crippen MR) is 63.3 cm³/mol. The van der Waals surface area contributed by atoms with Crippen LogP contribution in [0.3, 0.4) is 0 Å². The number of nitrogen functional groups attached to an aromatic ring is 1. The van der Waals surface area contributed by atoms with Gasteiger partial charge in [0.1, 0.15) is 18.2 Å². The average molecular weight is 221 g/mol. The smallest absolute Gasteiger partial charge is 0.222 e. The van der Waals surface area contributed by atoms with Gasteiger partial charge in [0.15, 0.2) is 0 Å². The molecule has 0 unspecified atom stereocenters. The quantitative estimate of drug-likeness (QED) is 0.847. The molecule has 0 amide bonds. The maximum Gasteiger partial charge on any atom is 0.222 e. The number of hydrogen-bond donors (Lipinski definition) is 1. The number of aromatic nitrogens is 2. The molecule has 1 fully saturated rings. The van der Waals surface area contributed by atoms with E-state index >= 15 is 0 Å². The molecule has 1 aromatic heterocycles. The van der Waals surface area contributed by atoms with Crippen molar-refractivity contribution in [3.8, 4) is 5.88 Å². The molecule has 0 bridgehead atoms. The van der Waals surface area contributed by atoms with Crippen molar-refractivity contribution in [3.63, 3.8) is 0 Å². The van der Waals surface area contributed by atoms with E-state index < -0.39 is 0 Å². The summed E-state index contributed by atoms with van der Waals surface area (Å²) in [7, 11) is 0. The number of nitrogens with two attached hydrogens (primary N) is 1. The summed E-state index contributed by atoms with van der Waals surface area (Å²) in [4.78, 5) is 8.23. The molecule has 1 aromatic rings. The Labute approximate surface area is 96.2 Å². The third kappa shape index (κ3) is 2.43. The molecule has 4 heteroatoms. The van der Waals surface area contributed by atoms with Crippen LogP contribution < -0.4 is 10.5 Å². The number of anilines is 1. The fraction of sp³-hybridized carbons (Fsp3) is 0.667. The van der Waals surface area contributed by atoms with Gasteiger partial charge in [0.25, 0.3) is 0 Å². The lowest BCUT2D eigenvalue weighted by Crippen LogP contribution is -2.14. The van der Waals surface area contributed by atoms with Gasteiger partial charge in [-0.05, 0) is 32.1 Å². The van der Waals surface area contributed by atoms with E-state index in [1.807, 2.05) is 0 Å². The highest BCUT2D eigenvalue weighted by Gasteiger charge is 2.19. The van der Waals surface area contributed by atoms with Crippen molar-refractivity contribution in [2.24, 2.45) is 0 Å². The van der Waals surface area contributed by atoms with Gasteiger partial charge in [-0.15, -0.1) is 0 Å². The second-order valence-electron chi connectivity index (χ2n) is 4.32. The Morgan fingerprint density at radius 3 is 2.81 bits per heavy atom. The molecule has 0 saturated heterocycles. The van der Waals surface area contributed by atoms with E-state index in [-0.39, 0.29) is 0 Å². The van der Waals surface area contributed by atoms with Crippen LogP contribution in [0.2, 0.25) is 0 Å². The first-order valence-electron chi connectivity index (χ1n) is 6.07. The Bertz CT molecular complexity index is 348.